The lowest BCUT2D eigenvalue weighted by atomic mass is 9.95. The maximum absolute atomic E-state index is 12.3. The predicted octanol–water partition coefficient (Wildman–Crippen LogP) is 1.93. The number of rotatable bonds is 5. The van der Waals surface area contributed by atoms with Crippen molar-refractivity contribution in [3.8, 4) is 0 Å². The minimum Gasteiger partial charge on any atom is -0.379 e. The lowest BCUT2D eigenvalue weighted by molar-refractivity contribution is 0.0887. The largest absolute Gasteiger partial charge is 0.379 e. The third kappa shape index (κ3) is 3.27. The lowest BCUT2D eigenvalue weighted by Crippen LogP contribution is -2.40. The van der Waals surface area contributed by atoms with Gasteiger partial charge in [-0.05, 0) is 37.0 Å². The van der Waals surface area contributed by atoms with Gasteiger partial charge in [0.1, 0.15) is 0 Å². The van der Waals surface area contributed by atoms with Crippen molar-refractivity contribution in [2.45, 2.75) is 31.2 Å². The molecule has 2 aliphatic rings. The third-order valence-electron chi connectivity index (χ3n) is 4.51. The second-order valence-electron chi connectivity index (χ2n) is 6.33. The number of nitrogens with zero attached hydrogens (tertiary/aromatic N) is 2. The smallest absolute Gasteiger partial charge is 0.290 e. The Morgan fingerprint density at radius 2 is 2.09 bits per heavy atom. The van der Waals surface area contributed by atoms with Crippen LogP contribution in [0.15, 0.2) is 35.1 Å². The van der Waals surface area contributed by atoms with Gasteiger partial charge in [-0.3, -0.25) is 9.78 Å². The van der Waals surface area contributed by atoms with Crippen molar-refractivity contribution in [3.63, 3.8) is 0 Å². The number of pyridine rings is 1. The number of hydrogen-bond acceptors (Lipinski definition) is 5. The summed E-state index contributed by atoms with van der Waals surface area (Å²) in [6, 6.07) is 5.75. The molecule has 6 nitrogen and oxygen atoms in total. The summed E-state index contributed by atoms with van der Waals surface area (Å²) in [5.74, 6) is 0.822. The van der Waals surface area contributed by atoms with Crippen molar-refractivity contribution in [1.29, 1.82) is 0 Å². The SMILES string of the molecule is O=C(N[C@H]1COC[C@H]1Cc1ccncc1)c1cc(C2CC2)no1. The molecule has 0 aromatic carbocycles. The molecule has 4 rings (SSSR count). The predicted molar refractivity (Wildman–Crippen MR) is 82.0 cm³/mol. The van der Waals surface area contributed by atoms with Gasteiger partial charge in [0.05, 0.1) is 24.9 Å². The highest BCUT2D eigenvalue weighted by Gasteiger charge is 2.32. The molecule has 2 aromatic heterocycles. The van der Waals surface area contributed by atoms with Crippen LogP contribution >= 0.6 is 0 Å². The summed E-state index contributed by atoms with van der Waals surface area (Å²) in [7, 11) is 0. The molecule has 6 heteroatoms. The zero-order valence-corrected chi connectivity index (χ0v) is 12.8. The van der Waals surface area contributed by atoms with E-state index >= 15 is 0 Å². The van der Waals surface area contributed by atoms with E-state index in [0.717, 1.165) is 25.0 Å². The molecule has 1 amide bonds. The van der Waals surface area contributed by atoms with Crippen molar-refractivity contribution >= 4 is 5.91 Å². The molecular weight excluding hydrogens is 294 g/mol. The molecule has 1 aliphatic carbocycles. The van der Waals surface area contributed by atoms with E-state index in [-0.39, 0.29) is 17.9 Å². The summed E-state index contributed by atoms with van der Waals surface area (Å²) < 4.78 is 10.7. The number of nitrogens with one attached hydrogen (secondary N) is 1. The first-order valence-corrected chi connectivity index (χ1v) is 8.04. The molecule has 1 aliphatic heterocycles. The zero-order valence-electron chi connectivity index (χ0n) is 12.8. The van der Waals surface area contributed by atoms with Gasteiger partial charge in [-0.2, -0.15) is 0 Å². The Kier molecular flexibility index (Phi) is 3.83. The first kappa shape index (κ1) is 14.4. The highest BCUT2D eigenvalue weighted by atomic mass is 16.5. The molecule has 0 spiro atoms. The fourth-order valence-electron chi connectivity index (χ4n) is 2.99. The van der Waals surface area contributed by atoms with Crippen LogP contribution in [0.3, 0.4) is 0 Å². The standard InChI is InChI=1S/C17H19N3O3/c21-17(16-8-14(20-23-16)12-1-2-12)19-15-10-22-9-13(15)7-11-3-5-18-6-4-11/h3-6,8,12-13,15H,1-2,7,9-10H2,(H,19,21)/t13-,15+/m1/s1. The molecule has 2 fully saturated rings. The van der Waals surface area contributed by atoms with E-state index < -0.39 is 0 Å². The van der Waals surface area contributed by atoms with Crippen LogP contribution in [0.5, 0.6) is 0 Å². The number of hydrogen-bond donors (Lipinski definition) is 1. The van der Waals surface area contributed by atoms with Gasteiger partial charge in [0.2, 0.25) is 5.76 Å². The molecule has 3 heterocycles. The van der Waals surface area contributed by atoms with Crippen LogP contribution in [0.2, 0.25) is 0 Å². The highest BCUT2D eigenvalue weighted by Crippen LogP contribution is 2.39. The van der Waals surface area contributed by atoms with Crippen LogP contribution in [-0.4, -0.2) is 35.3 Å². The summed E-state index contributed by atoms with van der Waals surface area (Å²) in [6.45, 7) is 1.18. The number of carbonyl (C=O) groups is 1. The number of amides is 1. The van der Waals surface area contributed by atoms with E-state index in [2.05, 4.69) is 15.5 Å². The molecule has 1 N–H and O–H groups in total. The van der Waals surface area contributed by atoms with Gasteiger partial charge in [-0.25, -0.2) is 0 Å². The average Bonchev–Trinajstić information content (AvgIpc) is 3.14. The summed E-state index contributed by atoms with van der Waals surface area (Å²) in [4.78, 5) is 16.4. The summed E-state index contributed by atoms with van der Waals surface area (Å²) in [6.07, 6.45) is 6.70. The minimum atomic E-state index is -0.209. The van der Waals surface area contributed by atoms with E-state index in [0.29, 0.717) is 24.9 Å². The number of carbonyl (C=O) groups excluding carboxylic acids is 1. The van der Waals surface area contributed by atoms with Crippen LogP contribution in [0.1, 0.15) is 40.6 Å². The van der Waals surface area contributed by atoms with Crippen molar-refractivity contribution in [3.05, 3.63) is 47.6 Å². The number of aromatic nitrogens is 2. The molecule has 1 saturated heterocycles. The first-order valence-electron chi connectivity index (χ1n) is 8.04. The van der Waals surface area contributed by atoms with Crippen LogP contribution in [0, 0.1) is 5.92 Å². The maximum atomic E-state index is 12.3. The van der Waals surface area contributed by atoms with Gasteiger partial charge < -0.3 is 14.6 Å². The molecule has 1 saturated carbocycles. The second kappa shape index (κ2) is 6.12. The first-order chi connectivity index (χ1) is 11.3. The Balaban J connectivity index is 1.39. The highest BCUT2D eigenvalue weighted by molar-refractivity contribution is 5.91. The van der Waals surface area contributed by atoms with E-state index in [1.807, 2.05) is 12.1 Å². The van der Waals surface area contributed by atoms with Crippen LogP contribution in [0.4, 0.5) is 0 Å². The number of ether oxygens (including phenoxy) is 1. The Bertz CT molecular complexity index is 681. The summed E-state index contributed by atoms with van der Waals surface area (Å²) in [5, 5.41) is 7.01. The Morgan fingerprint density at radius 1 is 1.26 bits per heavy atom. The van der Waals surface area contributed by atoms with E-state index in [1.165, 1.54) is 5.56 Å². The lowest BCUT2D eigenvalue weighted by Gasteiger charge is -2.18. The zero-order chi connectivity index (χ0) is 15.6. The Labute approximate surface area is 134 Å². The minimum absolute atomic E-state index is 0.00913. The molecule has 0 radical (unpaired) electrons. The van der Waals surface area contributed by atoms with Gasteiger partial charge in [-0.15, -0.1) is 0 Å². The van der Waals surface area contributed by atoms with Crippen LogP contribution in [0.25, 0.3) is 0 Å². The van der Waals surface area contributed by atoms with Gasteiger partial charge >= 0.3 is 0 Å². The molecule has 0 unspecified atom stereocenters. The van der Waals surface area contributed by atoms with E-state index in [1.54, 1.807) is 18.5 Å². The molecule has 2 aromatic rings. The second-order valence-corrected chi connectivity index (χ2v) is 6.33. The van der Waals surface area contributed by atoms with Gasteiger partial charge in [0.15, 0.2) is 0 Å². The summed E-state index contributed by atoms with van der Waals surface area (Å²) in [5.41, 5.74) is 2.09. The quantitative estimate of drug-likeness (QED) is 0.912. The fourth-order valence-corrected chi connectivity index (χ4v) is 2.99. The van der Waals surface area contributed by atoms with Gasteiger partial charge in [-0.1, -0.05) is 5.16 Å². The Hall–Kier alpha value is -2.21. The maximum Gasteiger partial charge on any atom is 0.290 e. The fraction of sp³-hybridized carbons (Fsp3) is 0.471. The molecule has 2 atom stereocenters. The summed E-state index contributed by atoms with van der Waals surface area (Å²) >= 11 is 0. The molecule has 23 heavy (non-hydrogen) atoms. The van der Waals surface area contributed by atoms with Gasteiger partial charge in [0, 0.05) is 30.3 Å². The van der Waals surface area contributed by atoms with Crippen molar-refractivity contribution in [2.75, 3.05) is 13.2 Å². The molecule has 0 bridgehead atoms. The van der Waals surface area contributed by atoms with Crippen LogP contribution < -0.4 is 5.32 Å². The third-order valence-corrected chi connectivity index (χ3v) is 4.51. The van der Waals surface area contributed by atoms with Gasteiger partial charge in [0.25, 0.3) is 5.91 Å². The average molecular weight is 313 g/mol. The van der Waals surface area contributed by atoms with Crippen LogP contribution in [-0.2, 0) is 11.2 Å². The molecular formula is C17H19N3O3. The van der Waals surface area contributed by atoms with Crippen molar-refractivity contribution < 1.29 is 14.1 Å². The normalized spacial score (nSPS) is 23.8. The topological polar surface area (TPSA) is 77.2 Å². The van der Waals surface area contributed by atoms with E-state index in [4.69, 9.17) is 9.26 Å². The monoisotopic (exact) mass is 313 g/mol. The van der Waals surface area contributed by atoms with Crippen molar-refractivity contribution in [1.82, 2.24) is 15.5 Å². The van der Waals surface area contributed by atoms with Crippen molar-refractivity contribution in [2.24, 2.45) is 5.92 Å². The van der Waals surface area contributed by atoms with E-state index in [9.17, 15) is 4.79 Å². The Morgan fingerprint density at radius 3 is 2.87 bits per heavy atom. The molecule has 120 valence electrons.